The van der Waals surface area contributed by atoms with Crippen molar-refractivity contribution in [1.82, 2.24) is 29.8 Å². The molecule has 10 heteroatoms. The second kappa shape index (κ2) is 11.4. The monoisotopic (exact) mass is 503 g/mol. The van der Waals surface area contributed by atoms with Crippen molar-refractivity contribution < 1.29 is 9.47 Å². The summed E-state index contributed by atoms with van der Waals surface area (Å²) in [6, 6.07) is 12.5. The second-order valence-corrected chi connectivity index (χ2v) is 9.42. The average molecular weight is 504 g/mol. The van der Waals surface area contributed by atoms with Crippen LogP contribution in [0.2, 0.25) is 0 Å². The number of aromatic nitrogens is 5. The topological polar surface area (TPSA) is 133 Å². The number of anilines is 1. The van der Waals surface area contributed by atoms with Crippen molar-refractivity contribution in [1.29, 1.82) is 0 Å². The van der Waals surface area contributed by atoms with Gasteiger partial charge in [-0.05, 0) is 42.5 Å². The maximum atomic E-state index is 12.6. The summed E-state index contributed by atoms with van der Waals surface area (Å²) in [6.07, 6.45) is 8.75. The number of ether oxygens (including phenoxy) is 2. The van der Waals surface area contributed by atoms with E-state index in [4.69, 9.17) is 15.2 Å². The third-order valence-corrected chi connectivity index (χ3v) is 6.59. The molecule has 0 atom stereocenters. The lowest BCUT2D eigenvalue weighted by atomic mass is 10.2. The molecule has 0 saturated heterocycles. The van der Waals surface area contributed by atoms with E-state index in [1.807, 2.05) is 18.2 Å². The van der Waals surface area contributed by atoms with Gasteiger partial charge in [-0.15, -0.1) is 0 Å². The number of benzene rings is 1. The van der Waals surface area contributed by atoms with E-state index in [2.05, 4.69) is 44.3 Å². The summed E-state index contributed by atoms with van der Waals surface area (Å²) < 4.78 is 13.0. The Morgan fingerprint density at radius 2 is 1.89 bits per heavy atom. The molecule has 4 N–H and O–H groups in total. The molecule has 3 heterocycles. The summed E-state index contributed by atoms with van der Waals surface area (Å²) in [5.41, 5.74) is 8.54. The Balaban J connectivity index is 1.23. The minimum Gasteiger partial charge on any atom is -0.463 e. The van der Waals surface area contributed by atoms with E-state index in [1.165, 1.54) is 35.8 Å². The maximum absolute atomic E-state index is 12.6. The molecule has 10 nitrogen and oxygen atoms in total. The number of H-pyrrole nitrogens is 1. The number of aromatic amines is 1. The van der Waals surface area contributed by atoms with Gasteiger partial charge in [-0.3, -0.25) is 4.57 Å². The molecule has 0 aliphatic heterocycles. The summed E-state index contributed by atoms with van der Waals surface area (Å²) in [4.78, 5) is 28.3. The summed E-state index contributed by atoms with van der Waals surface area (Å²) >= 11 is 0. The van der Waals surface area contributed by atoms with Crippen molar-refractivity contribution >= 4 is 17.0 Å². The molecule has 1 aromatic carbocycles. The molecule has 37 heavy (non-hydrogen) atoms. The standard InChI is InChI=1S/C27H33N7O3/c1-2-3-14-36-26-32-24(28)23-25(33-26)34(27(35)31-23)17-19-10-13-22(30-16-19)37-21-11-8-18(9-12-21)15-29-20-6-4-5-7-20/h8-13,16,20,29H,2-7,14-15,17H2,1H3,(H,31,35)(H2,28,32,33). The zero-order valence-electron chi connectivity index (χ0n) is 21.1. The summed E-state index contributed by atoms with van der Waals surface area (Å²) in [7, 11) is 0. The van der Waals surface area contributed by atoms with Crippen LogP contribution in [0, 0.1) is 0 Å². The molecule has 0 unspecified atom stereocenters. The van der Waals surface area contributed by atoms with Gasteiger partial charge in [-0.2, -0.15) is 9.97 Å². The Morgan fingerprint density at radius 3 is 2.62 bits per heavy atom. The Bertz CT molecular complexity index is 1370. The number of nitrogens with zero attached hydrogens (tertiary/aromatic N) is 4. The van der Waals surface area contributed by atoms with Crippen LogP contribution in [0.3, 0.4) is 0 Å². The smallest absolute Gasteiger partial charge is 0.328 e. The van der Waals surface area contributed by atoms with Crippen molar-refractivity contribution in [2.75, 3.05) is 12.3 Å². The Labute approximate surface area is 215 Å². The van der Waals surface area contributed by atoms with Crippen molar-refractivity contribution in [2.24, 2.45) is 0 Å². The number of nitrogens with two attached hydrogens (primary N) is 1. The molecule has 4 aromatic rings. The normalized spacial score (nSPS) is 13.9. The van der Waals surface area contributed by atoms with Gasteiger partial charge >= 0.3 is 11.7 Å². The van der Waals surface area contributed by atoms with Crippen LogP contribution >= 0.6 is 0 Å². The number of unbranched alkanes of at least 4 members (excludes halogenated alkanes) is 1. The fraction of sp³-hybridized carbons (Fsp3) is 0.407. The van der Waals surface area contributed by atoms with E-state index < -0.39 is 0 Å². The van der Waals surface area contributed by atoms with Crippen LogP contribution in [0.5, 0.6) is 17.6 Å². The molecule has 1 aliphatic carbocycles. The minimum atomic E-state index is -0.329. The third kappa shape index (κ3) is 6.08. The van der Waals surface area contributed by atoms with Gasteiger partial charge in [0.25, 0.3) is 0 Å². The average Bonchev–Trinajstić information content (AvgIpc) is 3.54. The summed E-state index contributed by atoms with van der Waals surface area (Å²) in [5, 5.41) is 3.62. The van der Waals surface area contributed by atoms with Crippen molar-refractivity contribution in [3.63, 3.8) is 0 Å². The Hall–Kier alpha value is -3.92. The molecular weight excluding hydrogens is 470 g/mol. The van der Waals surface area contributed by atoms with Gasteiger partial charge < -0.3 is 25.5 Å². The van der Waals surface area contributed by atoms with Crippen LogP contribution < -0.4 is 26.2 Å². The minimum absolute atomic E-state index is 0.161. The second-order valence-electron chi connectivity index (χ2n) is 9.42. The van der Waals surface area contributed by atoms with Crippen LogP contribution in [0.25, 0.3) is 11.2 Å². The third-order valence-electron chi connectivity index (χ3n) is 6.59. The number of hydrogen-bond donors (Lipinski definition) is 3. The number of nitrogen functional groups attached to an aromatic ring is 1. The van der Waals surface area contributed by atoms with Crippen molar-refractivity contribution in [3.8, 4) is 17.6 Å². The highest BCUT2D eigenvalue weighted by atomic mass is 16.5. The predicted octanol–water partition coefficient (Wildman–Crippen LogP) is 4.15. The van der Waals surface area contributed by atoms with Crippen LogP contribution in [-0.2, 0) is 13.1 Å². The number of fused-ring (bicyclic) bond motifs is 1. The van der Waals surface area contributed by atoms with E-state index in [0.717, 1.165) is 30.7 Å². The molecule has 194 valence electrons. The Morgan fingerprint density at radius 1 is 1.11 bits per heavy atom. The van der Waals surface area contributed by atoms with Crippen LogP contribution in [0.1, 0.15) is 56.6 Å². The van der Waals surface area contributed by atoms with Gasteiger partial charge in [0, 0.05) is 24.8 Å². The first-order valence-electron chi connectivity index (χ1n) is 12.9. The number of pyridine rings is 1. The predicted molar refractivity (Wildman–Crippen MR) is 142 cm³/mol. The lowest BCUT2D eigenvalue weighted by Crippen LogP contribution is -2.25. The molecule has 3 aromatic heterocycles. The molecular formula is C27H33N7O3. The van der Waals surface area contributed by atoms with Gasteiger partial charge in [0.1, 0.15) is 11.3 Å². The lowest BCUT2D eigenvalue weighted by Gasteiger charge is -2.12. The Kier molecular flexibility index (Phi) is 7.65. The molecule has 1 saturated carbocycles. The fourth-order valence-corrected chi connectivity index (χ4v) is 4.49. The largest absolute Gasteiger partial charge is 0.463 e. The molecule has 1 fully saturated rings. The lowest BCUT2D eigenvalue weighted by molar-refractivity contribution is 0.286. The fourth-order valence-electron chi connectivity index (χ4n) is 4.49. The summed E-state index contributed by atoms with van der Waals surface area (Å²) in [6.45, 7) is 3.69. The highest BCUT2D eigenvalue weighted by Crippen LogP contribution is 2.22. The number of hydrogen-bond acceptors (Lipinski definition) is 8. The SMILES string of the molecule is CCCCOc1nc(N)c2[nH]c(=O)n(Cc3ccc(Oc4ccc(CNC5CCCC5)cc4)nc3)c2n1. The summed E-state index contributed by atoms with van der Waals surface area (Å²) in [5.74, 6) is 1.38. The molecule has 0 radical (unpaired) electrons. The quantitative estimate of drug-likeness (QED) is 0.260. The van der Waals surface area contributed by atoms with Gasteiger partial charge in [-0.1, -0.05) is 44.4 Å². The number of nitrogens with one attached hydrogen (secondary N) is 2. The van der Waals surface area contributed by atoms with E-state index in [-0.39, 0.29) is 24.1 Å². The number of imidazole rings is 1. The van der Waals surface area contributed by atoms with Gasteiger partial charge in [0.15, 0.2) is 11.5 Å². The maximum Gasteiger partial charge on any atom is 0.328 e. The van der Waals surface area contributed by atoms with Crippen LogP contribution in [0.15, 0.2) is 47.4 Å². The highest BCUT2D eigenvalue weighted by Gasteiger charge is 2.16. The molecule has 0 amide bonds. The number of rotatable bonds is 11. The van der Waals surface area contributed by atoms with Gasteiger partial charge in [0.05, 0.1) is 13.2 Å². The van der Waals surface area contributed by atoms with E-state index in [1.54, 1.807) is 12.3 Å². The van der Waals surface area contributed by atoms with E-state index >= 15 is 0 Å². The molecule has 1 aliphatic rings. The highest BCUT2D eigenvalue weighted by molar-refractivity contribution is 5.81. The first-order chi connectivity index (χ1) is 18.1. The first kappa shape index (κ1) is 24.8. The van der Waals surface area contributed by atoms with Crippen LogP contribution in [0.4, 0.5) is 5.82 Å². The van der Waals surface area contributed by atoms with Crippen LogP contribution in [-0.4, -0.2) is 37.2 Å². The zero-order chi connectivity index (χ0) is 25.6. The van der Waals surface area contributed by atoms with E-state index in [9.17, 15) is 4.79 Å². The molecule has 5 rings (SSSR count). The van der Waals surface area contributed by atoms with Crippen molar-refractivity contribution in [2.45, 2.75) is 64.6 Å². The van der Waals surface area contributed by atoms with Crippen molar-refractivity contribution in [3.05, 3.63) is 64.2 Å². The zero-order valence-corrected chi connectivity index (χ0v) is 21.1. The molecule has 0 spiro atoms. The van der Waals surface area contributed by atoms with E-state index in [0.29, 0.717) is 29.7 Å². The van der Waals surface area contributed by atoms with Gasteiger partial charge in [0.2, 0.25) is 5.88 Å². The molecule has 0 bridgehead atoms. The van der Waals surface area contributed by atoms with Gasteiger partial charge in [-0.25, -0.2) is 9.78 Å². The first-order valence-corrected chi connectivity index (χ1v) is 12.9.